The molecular formula is C23H29ClN2O3S. The zero-order chi connectivity index (χ0) is 21.9. The molecule has 0 fully saturated rings. The highest BCUT2D eigenvalue weighted by atomic mass is 35.5. The van der Waals surface area contributed by atoms with Crippen molar-refractivity contribution in [2.75, 3.05) is 10.6 Å². The molecule has 0 bridgehead atoms. The van der Waals surface area contributed by atoms with Crippen LogP contribution in [0.3, 0.4) is 0 Å². The van der Waals surface area contributed by atoms with Crippen LogP contribution in [0.5, 0.6) is 0 Å². The van der Waals surface area contributed by atoms with Gasteiger partial charge in [0.2, 0.25) is 15.9 Å². The highest BCUT2D eigenvalue weighted by Crippen LogP contribution is 2.27. The third kappa shape index (κ3) is 5.16. The van der Waals surface area contributed by atoms with Crippen molar-refractivity contribution in [1.29, 1.82) is 0 Å². The lowest BCUT2D eigenvalue weighted by molar-refractivity contribution is -0.122. The summed E-state index contributed by atoms with van der Waals surface area (Å²) in [5.41, 5.74) is 4.23. The van der Waals surface area contributed by atoms with E-state index in [9.17, 15) is 13.2 Å². The van der Waals surface area contributed by atoms with Crippen molar-refractivity contribution in [3.63, 3.8) is 0 Å². The predicted molar refractivity (Wildman–Crippen MR) is 122 cm³/mol. The molecular weight excluding hydrogens is 420 g/mol. The molecule has 1 aliphatic rings. The number of fused-ring (bicyclic) bond motifs is 1. The minimum Gasteiger partial charge on any atom is -0.347 e. The molecule has 0 radical (unpaired) electrons. The van der Waals surface area contributed by atoms with E-state index in [4.69, 9.17) is 11.6 Å². The van der Waals surface area contributed by atoms with Gasteiger partial charge in [-0.1, -0.05) is 36.7 Å². The average Bonchev–Trinajstić information content (AvgIpc) is 2.72. The molecule has 162 valence electrons. The van der Waals surface area contributed by atoms with Crippen molar-refractivity contribution in [2.45, 2.75) is 58.0 Å². The van der Waals surface area contributed by atoms with Gasteiger partial charge in [0, 0.05) is 5.02 Å². The Labute approximate surface area is 184 Å². The normalized spacial score (nSPS) is 15.7. The number of nitrogens with zero attached hydrogens (tertiary/aromatic N) is 1. The number of aryl methyl sites for hydroxylation is 2. The van der Waals surface area contributed by atoms with Gasteiger partial charge in [-0.15, -0.1) is 0 Å². The Balaban J connectivity index is 1.82. The third-order valence-electron chi connectivity index (χ3n) is 5.67. The molecule has 30 heavy (non-hydrogen) atoms. The summed E-state index contributed by atoms with van der Waals surface area (Å²) in [5.74, 6) is -0.333. The number of halogens is 1. The molecule has 2 aromatic carbocycles. The first kappa shape index (κ1) is 22.6. The number of rotatable bonds is 7. The Kier molecular flexibility index (Phi) is 7.09. The average molecular weight is 449 g/mol. The molecule has 2 aromatic rings. The number of anilines is 1. The lowest BCUT2D eigenvalue weighted by Gasteiger charge is -2.30. The number of nitrogens with one attached hydrogen (secondary N) is 1. The first-order chi connectivity index (χ1) is 14.2. The highest BCUT2D eigenvalue weighted by molar-refractivity contribution is 7.92. The van der Waals surface area contributed by atoms with Gasteiger partial charge in [0.25, 0.3) is 0 Å². The lowest BCUT2D eigenvalue weighted by atomic mass is 9.88. The SMILES string of the molecule is CC[C@@H](NC(=O)[C@@H](C)N(c1ccc(Cl)cc1)S(C)(=O)=O)c1ccc2c(c1)CCCC2. The molecule has 1 aliphatic carbocycles. The summed E-state index contributed by atoms with van der Waals surface area (Å²) in [5, 5.41) is 3.55. The van der Waals surface area contributed by atoms with Crippen LogP contribution in [0.1, 0.15) is 55.8 Å². The summed E-state index contributed by atoms with van der Waals surface area (Å²) < 4.78 is 26.1. The monoisotopic (exact) mass is 448 g/mol. The summed E-state index contributed by atoms with van der Waals surface area (Å²) in [7, 11) is -3.66. The van der Waals surface area contributed by atoms with E-state index in [1.165, 1.54) is 24.0 Å². The van der Waals surface area contributed by atoms with Crippen molar-refractivity contribution >= 4 is 33.2 Å². The van der Waals surface area contributed by atoms with Gasteiger partial charge < -0.3 is 5.32 Å². The Bertz CT molecular complexity index is 1010. The van der Waals surface area contributed by atoms with E-state index >= 15 is 0 Å². The van der Waals surface area contributed by atoms with E-state index in [2.05, 4.69) is 23.5 Å². The van der Waals surface area contributed by atoms with Gasteiger partial charge in [0.1, 0.15) is 6.04 Å². The van der Waals surface area contributed by atoms with Crippen LogP contribution in [0.4, 0.5) is 5.69 Å². The molecule has 0 aliphatic heterocycles. The van der Waals surface area contributed by atoms with Crippen LogP contribution < -0.4 is 9.62 Å². The van der Waals surface area contributed by atoms with Crippen LogP contribution in [0.2, 0.25) is 5.02 Å². The second kappa shape index (κ2) is 9.40. The smallest absolute Gasteiger partial charge is 0.244 e. The van der Waals surface area contributed by atoms with Gasteiger partial charge in [0.15, 0.2) is 0 Å². The Morgan fingerprint density at radius 1 is 1.10 bits per heavy atom. The zero-order valence-corrected chi connectivity index (χ0v) is 19.3. The van der Waals surface area contributed by atoms with E-state index in [1.807, 2.05) is 6.92 Å². The van der Waals surface area contributed by atoms with Crippen LogP contribution >= 0.6 is 11.6 Å². The number of hydrogen-bond donors (Lipinski definition) is 1. The van der Waals surface area contributed by atoms with Gasteiger partial charge in [-0.25, -0.2) is 8.42 Å². The van der Waals surface area contributed by atoms with Crippen LogP contribution in [0.15, 0.2) is 42.5 Å². The topological polar surface area (TPSA) is 66.5 Å². The van der Waals surface area contributed by atoms with E-state index in [0.717, 1.165) is 35.4 Å². The first-order valence-electron chi connectivity index (χ1n) is 10.4. The second-order valence-corrected chi connectivity index (χ2v) is 10.2. The molecule has 1 N–H and O–H groups in total. The molecule has 0 saturated carbocycles. The zero-order valence-electron chi connectivity index (χ0n) is 17.7. The van der Waals surface area contributed by atoms with Crippen LogP contribution in [-0.2, 0) is 27.7 Å². The van der Waals surface area contributed by atoms with E-state index in [1.54, 1.807) is 31.2 Å². The van der Waals surface area contributed by atoms with Crippen molar-refractivity contribution in [1.82, 2.24) is 5.32 Å². The molecule has 0 saturated heterocycles. The minimum absolute atomic E-state index is 0.168. The van der Waals surface area contributed by atoms with E-state index in [-0.39, 0.29) is 11.9 Å². The molecule has 2 atom stereocenters. The van der Waals surface area contributed by atoms with Gasteiger partial charge in [-0.2, -0.15) is 0 Å². The quantitative estimate of drug-likeness (QED) is 0.670. The van der Waals surface area contributed by atoms with Crippen LogP contribution in [-0.4, -0.2) is 26.6 Å². The molecule has 0 spiro atoms. The number of benzene rings is 2. The fourth-order valence-electron chi connectivity index (χ4n) is 4.08. The Morgan fingerprint density at radius 2 is 1.73 bits per heavy atom. The molecule has 0 aromatic heterocycles. The lowest BCUT2D eigenvalue weighted by Crippen LogP contribution is -2.48. The maximum atomic E-state index is 13.1. The van der Waals surface area contributed by atoms with Crippen molar-refractivity contribution in [2.24, 2.45) is 0 Å². The summed E-state index contributed by atoms with van der Waals surface area (Å²) in [6, 6.07) is 11.8. The van der Waals surface area contributed by atoms with Crippen LogP contribution in [0.25, 0.3) is 0 Å². The number of sulfonamides is 1. The predicted octanol–water partition coefficient (Wildman–Crippen LogP) is 4.64. The van der Waals surface area contributed by atoms with Gasteiger partial charge >= 0.3 is 0 Å². The molecule has 0 unspecified atom stereocenters. The summed E-state index contributed by atoms with van der Waals surface area (Å²) in [6.45, 7) is 3.62. The number of carbonyl (C=O) groups is 1. The Hall–Kier alpha value is -2.05. The fraction of sp³-hybridized carbons (Fsp3) is 0.435. The largest absolute Gasteiger partial charge is 0.347 e. The third-order valence-corrected chi connectivity index (χ3v) is 7.16. The second-order valence-electron chi connectivity index (χ2n) is 7.92. The van der Waals surface area contributed by atoms with Crippen molar-refractivity contribution in [3.05, 3.63) is 64.2 Å². The van der Waals surface area contributed by atoms with Crippen molar-refractivity contribution < 1.29 is 13.2 Å². The maximum absolute atomic E-state index is 13.1. The minimum atomic E-state index is -3.66. The molecule has 0 heterocycles. The molecule has 7 heteroatoms. The number of carbonyl (C=O) groups excluding carboxylic acids is 1. The van der Waals surface area contributed by atoms with Gasteiger partial charge in [-0.05, 0) is 80.0 Å². The van der Waals surface area contributed by atoms with E-state index < -0.39 is 16.1 Å². The summed E-state index contributed by atoms with van der Waals surface area (Å²) >= 11 is 5.93. The van der Waals surface area contributed by atoms with Crippen molar-refractivity contribution in [3.8, 4) is 0 Å². The fourth-order valence-corrected chi connectivity index (χ4v) is 5.38. The highest BCUT2D eigenvalue weighted by Gasteiger charge is 2.30. The molecule has 3 rings (SSSR count). The summed E-state index contributed by atoms with van der Waals surface area (Å²) in [6.07, 6.45) is 6.43. The summed E-state index contributed by atoms with van der Waals surface area (Å²) in [4.78, 5) is 13.1. The molecule has 1 amide bonds. The number of amides is 1. The standard InChI is InChI=1S/C23H29ClN2O3S/c1-4-22(19-10-9-17-7-5-6-8-18(17)15-19)25-23(27)16(2)26(30(3,28)29)21-13-11-20(24)12-14-21/h9-16,22H,4-8H2,1-3H3,(H,25,27)/t16-,22-/m1/s1. The van der Waals surface area contributed by atoms with Crippen LogP contribution in [0, 0.1) is 0 Å². The Morgan fingerprint density at radius 3 is 2.33 bits per heavy atom. The number of hydrogen-bond acceptors (Lipinski definition) is 3. The molecule has 5 nitrogen and oxygen atoms in total. The maximum Gasteiger partial charge on any atom is 0.244 e. The van der Waals surface area contributed by atoms with Gasteiger partial charge in [-0.3, -0.25) is 9.10 Å². The van der Waals surface area contributed by atoms with Gasteiger partial charge in [0.05, 0.1) is 18.0 Å². The van der Waals surface area contributed by atoms with E-state index in [0.29, 0.717) is 10.7 Å². The first-order valence-corrected chi connectivity index (χ1v) is 12.6.